The molecule has 0 amide bonds. The molecule has 0 bridgehead atoms. The lowest BCUT2D eigenvalue weighted by molar-refractivity contribution is -0.645. The van der Waals surface area contributed by atoms with Gasteiger partial charge in [-0.1, -0.05) is 0 Å². The normalized spacial score (nSPS) is 15.9. The van der Waals surface area contributed by atoms with Crippen molar-refractivity contribution in [3.8, 4) is 11.4 Å². The lowest BCUT2D eigenvalue weighted by Crippen LogP contribution is -2.31. The molecular formula is C15H12N5+. The lowest BCUT2D eigenvalue weighted by Gasteiger charge is -1.94. The summed E-state index contributed by atoms with van der Waals surface area (Å²) in [5.74, 6) is 0.692. The molecule has 0 saturated carbocycles. The van der Waals surface area contributed by atoms with Crippen molar-refractivity contribution in [2.45, 2.75) is 6.54 Å². The first-order valence-corrected chi connectivity index (χ1v) is 6.39. The van der Waals surface area contributed by atoms with E-state index < -0.39 is 6.98 Å². The maximum absolute atomic E-state index is 7.99. The number of hydrogen-bond donors (Lipinski definition) is 0. The molecule has 0 spiro atoms. The summed E-state index contributed by atoms with van der Waals surface area (Å²) < 4.78 is 29.3. The predicted octanol–water partition coefficient (Wildman–Crippen LogP) is 1.54. The zero-order valence-corrected chi connectivity index (χ0v) is 10.5. The fraction of sp³-hybridized carbons (Fsp3) is 0.133. The molecule has 0 aromatic carbocycles. The van der Waals surface area contributed by atoms with Gasteiger partial charge in [0.2, 0.25) is 5.52 Å². The van der Waals surface area contributed by atoms with Crippen molar-refractivity contribution in [1.82, 2.24) is 18.9 Å². The summed E-state index contributed by atoms with van der Waals surface area (Å²) in [5, 5.41) is 0. The Morgan fingerprint density at radius 1 is 1.30 bits per heavy atom. The van der Waals surface area contributed by atoms with Crippen molar-refractivity contribution in [2.24, 2.45) is 6.98 Å². The summed E-state index contributed by atoms with van der Waals surface area (Å²) in [6, 6.07) is 5.67. The molecule has 4 aromatic heterocycles. The van der Waals surface area contributed by atoms with Crippen LogP contribution in [-0.2, 0) is 13.5 Å². The van der Waals surface area contributed by atoms with Gasteiger partial charge in [0.05, 0.1) is 40.4 Å². The largest absolute Gasteiger partial charge is 0.299 e. The van der Waals surface area contributed by atoms with E-state index in [2.05, 4.69) is 9.97 Å². The first-order valence-electron chi connectivity index (χ1n) is 7.89. The SMILES string of the molecule is [2H]C([2H])([2H])n1c2[n+](c3c1cn1cnccc31)Cc1ncccc1-2. The van der Waals surface area contributed by atoms with E-state index in [0.717, 1.165) is 22.3 Å². The van der Waals surface area contributed by atoms with Gasteiger partial charge in [0.25, 0.3) is 5.82 Å². The average molecular weight is 265 g/mol. The Kier molecular flexibility index (Phi) is 1.27. The predicted molar refractivity (Wildman–Crippen MR) is 74.2 cm³/mol. The Morgan fingerprint density at radius 3 is 3.25 bits per heavy atom. The quantitative estimate of drug-likeness (QED) is 0.398. The molecule has 0 N–H and O–H groups in total. The van der Waals surface area contributed by atoms with Crippen molar-refractivity contribution in [2.75, 3.05) is 0 Å². The highest BCUT2D eigenvalue weighted by atomic mass is 15.2. The van der Waals surface area contributed by atoms with E-state index in [9.17, 15) is 0 Å². The number of rotatable bonds is 0. The van der Waals surface area contributed by atoms with E-state index in [1.54, 1.807) is 18.7 Å². The van der Waals surface area contributed by atoms with Crippen LogP contribution in [0, 0.1) is 0 Å². The van der Waals surface area contributed by atoms with Crippen molar-refractivity contribution in [3.63, 3.8) is 0 Å². The van der Waals surface area contributed by atoms with Crippen LogP contribution in [0.1, 0.15) is 9.81 Å². The summed E-state index contributed by atoms with van der Waals surface area (Å²) in [6.07, 6.45) is 6.97. The number of aromatic nitrogens is 5. The molecule has 20 heavy (non-hydrogen) atoms. The third-order valence-corrected chi connectivity index (χ3v) is 3.95. The van der Waals surface area contributed by atoms with Crippen molar-refractivity contribution < 1.29 is 8.68 Å². The molecule has 5 nitrogen and oxygen atoms in total. The third-order valence-electron chi connectivity index (χ3n) is 3.95. The summed E-state index contributed by atoms with van der Waals surface area (Å²) in [6.45, 7) is -1.69. The molecule has 0 radical (unpaired) electrons. The highest BCUT2D eigenvalue weighted by molar-refractivity contribution is 5.91. The minimum absolute atomic E-state index is 0.576. The number of pyridine rings is 1. The maximum Gasteiger partial charge on any atom is 0.292 e. The van der Waals surface area contributed by atoms with Crippen molar-refractivity contribution in [3.05, 3.63) is 48.8 Å². The summed E-state index contributed by atoms with van der Waals surface area (Å²) >= 11 is 0. The molecule has 96 valence electrons. The Hall–Kier alpha value is -2.69. The van der Waals surface area contributed by atoms with Gasteiger partial charge in [-0.05, 0) is 18.2 Å². The van der Waals surface area contributed by atoms with Crippen LogP contribution in [-0.4, -0.2) is 18.9 Å². The van der Waals surface area contributed by atoms with Crippen LogP contribution < -0.4 is 4.57 Å². The van der Waals surface area contributed by atoms with E-state index in [1.165, 1.54) is 4.57 Å². The van der Waals surface area contributed by atoms with E-state index >= 15 is 0 Å². The van der Waals surface area contributed by atoms with Crippen LogP contribution in [0.3, 0.4) is 0 Å². The molecule has 0 aliphatic carbocycles. The fourth-order valence-electron chi connectivity index (χ4n) is 3.12. The zero-order chi connectivity index (χ0) is 15.8. The lowest BCUT2D eigenvalue weighted by atomic mass is 10.2. The van der Waals surface area contributed by atoms with Gasteiger partial charge < -0.3 is 0 Å². The maximum atomic E-state index is 7.99. The van der Waals surface area contributed by atoms with Crippen LogP contribution in [0.25, 0.3) is 27.9 Å². The second kappa shape index (κ2) is 3.25. The second-order valence-corrected chi connectivity index (χ2v) is 4.98. The standard InChI is InChI=1S/C15H12N5/c1-18-13-8-19-9-16-6-4-12(19)14(13)20-7-11-10(15(18)20)3-2-5-17-11/h2-6,8-9H,7H2,1H3/q+1/i1D3. The summed E-state index contributed by atoms with van der Waals surface area (Å²) in [4.78, 5) is 8.51. The molecule has 5 rings (SSSR count). The smallest absolute Gasteiger partial charge is 0.292 e. The van der Waals surface area contributed by atoms with Gasteiger partial charge in [-0.3, -0.25) is 9.38 Å². The number of imidazole rings is 1. The Balaban J connectivity index is 2.01. The van der Waals surface area contributed by atoms with Crippen LogP contribution in [0.15, 0.2) is 43.1 Å². The van der Waals surface area contributed by atoms with Crippen LogP contribution >= 0.6 is 0 Å². The van der Waals surface area contributed by atoms with Gasteiger partial charge in [-0.2, -0.15) is 0 Å². The highest BCUT2D eigenvalue weighted by Gasteiger charge is 2.34. The Morgan fingerprint density at radius 2 is 2.30 bits per heavy atom. The first-order chi connectivity index (χ1) is 11.1. The summed E-state index contributed by atoms with van der Waals surface area (Å²) in [5.41, 5.74) is 4.30. The molecule has 4 aromatic rings. The minimum Gasteiger partial charge on any atom is -0.299 e. The number of hydrogen-bond acceptors (Lipinski definition) is 2. The molecule has 0 unspecified atom stereocenters. The van der Waals surface area contributed by atoms with Crippen LogP contribution in [0.5, 0.6) is 0 Å². The van der Waals surface area contributed by atoms with Crippen molar-refractivity contribution in [1.29, 1.82) is 0 Å². The van der Waals surface area contributed by atoms with Crippen molar-refractivity contribution >= 4 is 16.6 Å². The van der Waals surface area contributed by atoms with E-state index in [-0.39, 0.29) is 0 Å². The molecule has 0 fully saturated rings. The minimum atomic E-state index is -2.27. The number of fused-ring (bicyclic) bond motifs is 7. The van der Waals surface area contributed by atoms with Crippen LogP contribution in [0.4, 0.5) is 0 Å². The number of aryl methyl sites for hydroxylation is 1. The van der Waals surface area contributed by atoms with E-state index in [1.807, 2.05) is 33.4 Å². The topological polar surface area (TPSA) is 39.0 Å². The third kappa shape index (κ3) is 1.02. The highest BCUT2D eigenvalue weighted by Crippen LogP contribution is 2.31. The molecule has 0 atom stereocenters. The van der Waals surface area contributed by atoms with Gasteiger partial charge in [-0.25, -0.2) is 14.1 Å². The molecule has 5 heteroatoms. The van der Waals surface area contributed by atoms with Gasteiger partial charge in [0.1, 0.15) is 6.54 Å². The molecule has 1 aliphatic heterocycles. The molecule has 1 aliphatic rings. The Bertz CT molecular complexity index is 1090. The van der Waals surface area contributed by atoms with Crippen LogP contribution in [0.2, 0.25) is 0 Å². The summed E-state index contributed by atoms with van der Waals surface area (Å²) in [7, 11) is 0. The average Bonchev–Trinajstić information content (AvgIpc) is 3.12. The van der Waals surface area contributed by atoms with Gasteiger partial charge in [0, 0.05) is 12.4 Å². The molecule has 5 heterocycles. The molecular weight excluding hydrogens is 250 g/mol. The van der Waals surface area contributed by atoms with E-state index in [4.69, 9.17) is 4.11 Å². The number of nitrogens with zero attached hydrogens (tertiary/aromatic N) is 5. The van der Waals surface area contributed by atoms with Gasteiger partial charge in [0.15, 0.2) is 5.52 Å². The molecule has 0 saturated heterocycles. The first kappa shape index (κ1) is 7.79. The second-order valence-electron chi connectivity index (χ2n) is 4.98. The monoisotopic (exact) mass is 265 g/mol. The van der Waals surface area contributed by atoms with Gasteiger partial charge >= 0.3 is 0 Å². The zero-order valence-electron chi connectivity index (χ0n) is 13.5. The van der Waals surface area contributed by atoms with Gasteiger partial charge in [-0.15, -0.1) is 0 Å². The fourth-order valence-corrected chi connectivity index (χ4v) is 3.12. The van der Waals surface area contributed by atoms with E-state index in [0.29, 0.717) is 17.9 Å². The Labute approximate surface area is 119 Å².